The molecule has 4 N–H and O–H groups in total. The van der Waals surface area contributed by atoms with Crippen LogP contribution < -0.4 is 26.0 Å². The van der Waals surface area contributed by atoms with Crippen LogP contribution in [0, 0.1) is 0 Å². The number of nitrogens with one attached hydrogen (secondary N) is 4. The van der Waals surface area contributed by atoms with E-state index in [1.54, 1.807) is 30.1 Å². The molecular weight excluding hydrogens is 482 g/mol. The largest absolute Gasteiger partial charge is 0.493 e. The van der Waals surface area contributed by atoms with E-state index in [4.69, 9.17) is 21.4 Å². The fourth-order valence-electron chi connectivity index (χ4n) is 4.92. The van der Waals surface area contributed by atoms with Gasteiger partial charge >= 0.3 is 0 Å². The Kier molecular flexibility index (Phi) is 5.52. The maximum Gasteiger partial charge on any atom is 0.271 e. The summed E-state index contributed by atoms with van der Waals surface area (Å²) < 4.78 is 7.33. The lowest BCUT2D eigenvalue weighted by molar-refractivity contribution is -0.117. The molecule has 10 nitrogen and oxygen atoms in total. The molecule has 184 valence electrons. The molecule has 0 fully saturated rings. The summed E-state index contributed by atoms with van der Waals surface area (Å²) in [5, 5.41) is 18.1. The molecule has 6 rings (SSSR count). The summed E-state index contributed by atoms with van der Waals surface area (Å²) in [6.45, 7) is 0.465. The first-order chi connectivity index (χ1) is 17.5. The van der Waals surface area contributed by atoms with Crippen LogP contribution >= 0.6 is 11.6 Å². The molecule has 2 amide bonds. The van der Waals surface area contributed by atoms with Crippen molar-refractivity contribution in [2.24, 2.45) is 0 Å². The van der Waals surface area contributed by atoms with Crippen molar-refractivity contribution >= 4 is 46.3 Å². The van der Waals surface area contributed by atoms with Crippen LogP contribution in [0.4, 0.5) is 22.9 Å². The topological polar surface area (TPSA) is 122 Å². The Morgan fingerprint density at radius 2 is 2.11 bits per heavy atom. The number of hydrogen-bond acceptors (Lipinski definition) is 7. The second kappa shape index (κ2) is 8.87. The second-order valence-electron chi connectivity index (χ2n) is 8.88. The number of nitrogens with zero attached hydrogens (tertiary/aromatic N) is 3. The molecule has 0 radical (unpaired) electrons. The molecule has 11 heteroatoms. The summed E-state index contributed by atoms with van der Waals surface area (Å²) in [7, 11) is 1.54. The number of rotatable bonds is 3. The van der Waals surface area contributed by atoms with Crippen LogP contribution in [0.5, 0.6) is 5.75 Å². The smallest absolute Gasteiger partial charge is 0.271 e. The number of benzene rings is 1. The third kappa shape index (κ3) is 3.65. The number of amides is 2. The maximum absolute atomic E-state index is 13.2. The standard InChI is InChI=1S/C25H24ClN7O3/c1-36-22-15(26)7-5-9-16(22)29-20-18-14-10-11-27-23-19(14)30-17(24(34)31-23)8-4-2-3-6-13-12-28-25(35)21(20)33(13)32-18/h2-3,5,7,9-11,13,17,29-30H,4,6,8,12H2,1H3,(H,28,35)(H,27,31,34)/b3-2-/t13-,17+/m1/s1. The first-order valence-electron chi connectivity index (χ1n) is 11.8. The molecule has 0 spiro atoms. The minimum atomic E-state index is -0.413. The highest BCUT2D eigenvalue weighted by Crippen LogP contribution is 2.44. The molecule has 3 aliphatic rings. The first kappa shape index (κ1) is 22.4. The van der Waals surface area contributed by atoms with Crippen molar-refractivity contribution in [3.63, 3.8) is 0 Å². The van der Waals surface area contributed by atoms with Crippen molar-refractivity contribution in [1.82, 2.24) is 20.1 Å². The number of ether oxygens (including phenoxy) is 1. The van der Waals surface area contributed by atoms with Crippen molar-refractivity contribution in [2.45, 2.75) is 31.3 Å². The summed E-state index contributed by atoms with van der Waals surface area (Å²) >= 11 is 6.38. The predicted molar refractivity (Wildman–Crippen MR) is 137 cm³/mol. The van der Waals surface area contributed by atoms with Gasteiger partial charge in [-0.05, 0) is 37.5 Å². The van der Waals surface area contributed by atoms with E-state index in [0.29, 0.717) is 70.0 Å². The summed E-state index contributed by atoms with van der Waals surface area (Å²) in [6, 6.07) is 6.72. The molecular formula is C25H24ClN7O3. The van der Waals surface area contributed by atoms with Crippen LogP contribution in [0.25, 0.3) is 11.3 Å². The Morgan fingerprint density at radius 1 is 1.22 bits per heavy atom. The summed E-state index contributed by atoms with van der Waals surface area (Å²) in [4.78, 5) is 30.3. The lowest BCUT2D eigenvalue weighted by Gasteiger charge is -2.27. The molecule has 2 atom stereocenters. The highest BCUT2D eigenvalue weighted by atomic mass is 35.5. The molecule has 36 heavy (non-hydrogen) atoms. The van der Waals surface area contributed by atoms with Gasteiger partial charge in [0.25, 0.3) is 5.91 Å². The number of allylic oxidation sites excluding steroid dienone is 2. The summed E-state index contributed by atoms with van der Waals surface area (Å²) in [5.41, 5.74) is 3.46. The first-order valence-corrected chi connectivity index (χ1v) is 12.1. The van der Waals surface area contributed by atoms with Gasteiger partial charge in [0.1, 0.15) is 11.7 Å². The Balaban J connectivity index is 1.60. The number of carbonyl (C=O) groups excluding carboxylic acids is 2. The fourth-order valence-corrected chi connectivity index (χ4v) is 5.17. The van der Waals surface area contributed by atoms with Gasteiger partial charge in [0.15, 0.2) is 17.3 Å². The summed E-state index contributed by atoms with van der Waals surface area (Å²) in [6.07, 6.45) is 7.84. The van der Waals surface area contributed by atoms with E-state index >= 15 is 0 Å². The van der Waals surface area contributed by atoms with Crippen LogP contribution in [0.2, 0.25) is 5.02 Å². The zero-order valence-electron chi connectivity index (χ0n) is 19.5. The zero-order chi connectivity index (χ0) is 24.8. The van der Waals surface area contributed by atoms with E-state index < -0.39 is 6.04 Å². The fraction of sp³-hybridized carbons (Fsp3) is 0.280. The maximum atomic E-state index is 13.2. The normalized spacial score (nSPS) is 21.1. The van der Waals surface area contributed by atoms with Crippen LogP contribution in [0.15, 0.2) is 42.6 Å². The van der Waals surface area contributed by atoms with E-state index in [1.165, 1.54) is 0 Å². The predicted octanol–water partition coefficient (Wildman–Crippen LogP) is 4.11. The average molecular weight is 506 g/mol. The lowest BCUT2D eigenvalue weighted by Crippen LogP contribution is -2.39. The van der Waals surface area contributed by atoms with Crippen molar-refractivity contribution in [2.75, 3.05) is 29.6 Å². The third-order valence-corrected chi connectivity index (χ3v) is 6.98. The van der Waals surface area contributed by atoms with Crippen LogP contribution in [0.3, 0.4) is 0 Å². The Morgan fingerprint density at radius 3 is 2.97 bits per heavy atom. The molecule has 0 aliphatic carbocycles. The number of fused-ring (bicyclic) bond motifs is 3. The van der Waals surface area contributed by atoms with Crippen molar-refractivity contribution in [1.29, 1.82) is 0 Å². The Labute approximate surface area is 212 Å². The number of aromatic nitrogens is 3. The molecule has 0 saturated carbocycles. The van der Waals surface area contributed by atoms with Crippen LogP contribution in [-0.4, -0.2) is 46.3 Å². The molecule has 5 heterocycles. The third-order valence-electron chi connectivity index (χ3n) is 6.68. The van der Waals surface area contributed by atoms with E-state index in [2.05, 4.69) is 38.4 Å². The van der Waals surface area contributed by atoms with E-state index in [9.17, 15) is 9.59 Å². The summed E-state index contributed by atoms with van der Waals surface area (Å²) in [5.74, 6) is 0.531. The van der Waals surface area contributed by atoms with Gasteiger partial charge in [-0.1, -0.05) is 29.8 Å². The SMILES string of the molecule is COc1c(Cl)cccc1Nc1c2nn3c1C(=O)NC[C@H]3C/C=C\CC[C@@H]1Nc3c-2ccnc3NC1=O. The lowest BCUT2D eigenvalue weighted by atomic mass is 10.0. The second-order valence-corrected chi connectivity index (χ2v) is 9.29. The molecule has 0 unspecified atom stereocenters. The Bertz CT molecular complexity index is 1420. The molecule has 0 saturated heterocycles. The number of para-hydroxylation sites is 1. The number of anilines is 4. The minimum Gasteiger partial charge on any atom is -0.493 e. The van der Waals surface area contributed by atoms with Gasteiger partial charge in [0.2, 0.25) is 5.91 Å². The number of hydrogen-bond donors (Lipinski definition) is 4. The van der Waals surface area contributed by atoms with Gasteiger partial charge in [-0.3, -0.25) is 14.3 Å². The number of methoxy groups -OCH3 is 1. The van der Waals surface area contributed by atoms with Crippen LogP contribution in [0.1, 0.15) is 35.8 Å². The quantitative estimate of drug-likeness (QED) is 0.395. The van der Waals surface area contributed by atoms with Gasteiger partial charge < -0.3 is 26.0 Å². The van der Waals surface area contributed by atoms with Crippen LogP contribution in [-0.2, 0) is 4.79 Å². The van der Waals surface area contributed by atoms with Crippen molar-refractivity contribution in [3.8, 4) is 17.0 Å². The molecule has 4 bridgehead atoms. The zero-order valence-corrected chi connectivity index (χ0v) is 20.2. The minimum absolute atomic E-state index is 0.0661. The van der Waals surface area contributed by atoms with Crippen molar-refractivity contribution < 1.29 is 14.3 Å². The number of halogens is 1. The van der Waals surface area contributed by atoms with E-state index in [1.807, 2.05) is 12.1 Å². The van der Waals surface area contributed by atoms with Crippen molar-refractivity contribution in [3.05, 3.63) is 53.3 Å². The number of carbonyl (C=O) groups is 2. The average Bonchev–Trinajstić information content (AvgIpc) is 3.25. The van der Waals surface area contributed by atoms with Gasteiger partial charge in [0.05, 0.1) is 35.2 Å². The molecule has 1 aromatic carbocycles. The van der Waals surface area contributed by atoms with E-state index in [-0.39, 0.29) is 17.9 Å². The Hall–Kier alpha value is -4.05. The monoisotopic (exact) mass is 505 g/mol. The molecule has 2 aromatic heterocycles. The molecule has 3 aromatic rings. The van der Waals surface area contributed by atoms with Gasteiger partial charge in [-0.2, -0.15) is 5.10 Å². The highest BCUT2D eigenvalue weighted by Gasteiger charge is 2.35. The van der Waals surface area contributed by atoms with E-state index in [0.717, 1.165) is 6.42 Å². The van der Waals surface area contributed by atoms with Gasteiger partial charge in [0, 0.05) is 18.3 Å². The molecule has 3 aliphatic heterocycles. The van der Waals surface area contributed by atoms with Gasteiger partial charge in [-0.15, -0.1) is 0 Å². The highest BCUT2D eigenvalue weighted by molar-refractivity contribution is 6.32. The number of pyridine rings is 1. The van der Waals surface area contributed by atoms with Gasteiger partial charge in [-0.25, -0.2) is 4.98 Å².